The molecule has 1 unspecified atom stereocenters. The summed E-state index contributed by atoms with van der Waals surface area (Å²) in [5, 5.41) is 24.9. The molecule has 1 heterocycles. The Kier molecular flexibility index (Phi) is 8.15. The smallest absolute Gasteiger partial charge is 0.294 e. The predicted octanol–water partition coefficient (Wildman–Crippen LogP) is 2.64. The first-order valence-electron chi connectivity index (χ1n) is 11.4. The largest absolute Gasteiger partial charge is 0.490 e. The molecular formula is C23H34N4O6. The molecule has 0 bridgehead atoms. The number of fused-ring (bicyclic) bond motifs is 1. The highest BCUT2D eigenvalue weighted by molar-refractivity contribution is 5.85. The van der Waals surface area contributed by atoms with Gasteiger partial charge in [-0.15, -0.1) is 10.1 Å². The van der Waals surface area contributed by atoms with Crippen LogP contribution < -0.4 is 10.1 Å². The van der Waals surface area contributed by atoms with Crippen LogP contribution in [0.25, 0.3) is 10.9 Å². The third kappa shape index (κ3) is 6.82. The van der Waals surface area contributed by atoms with Crippen molar-refractivity contribution in [2.24, 2.45) is 0 Å². The molecule has 1 saturated carbocycles. The predicted molar refractivity (Wildman–Crippen MR) is 123 cm³/mol. The minimum absolute atomic E-state index is 0.116. The van der Waals surface area contributed by atoms with E-state index in [4.69, 9.17) is 9.57 Å². The van der Waals surface area contributed by atoms with Crippen molar-refractivity contribution in [1.82, 2.24) is 15.2 Å². The molecule has 2 aromatic rings. The number of aromatic amines is 1. The number of aliphatic hydroxyl groups excluding tert-OH is 1. The highest BCUT2D eigenvalue weighted by atomic mass is 17.0. The number of H-pyrrole nitrogens is 1. The number of carbonyl (C=O) groups excluding carboxylic acids is 1. The minimum Gasteiger partial charge on any atom is -0.490 e. The summed E-state index contributed by atoms with van der Waals surface area (Å²) < 4.78 is 5.82. The molecule has 1 aromatic carbocycles. The summed E-state index contributed by atoms with van der Waals surface area (Å²) >= 11 is 0. The van der Waals surface area contributed by atoms with E-state index in [1.54, 1.807) is 4.90 Å². The average molecular weight is 463 g/mol. The van der Waals surface area contributed by atoms with Crippen LogP contribution in [0, 0.1) is 10.1 Å². The first kappa shape index (κ1) is 24.8. The second-order valence-electron chi connectivity index (χ2n) is 9.29. The third-order valence-corrected chi connectivity index (χ3v) is 6.06. The molecule has 1 fully saturated rings. The summed E-state index contributed by atoms with van der Waals surface area (Å²) in [6.45, 7) is 6.05. The van der Waals surface area contributed by atoms with Crippen LogP contribution in [0.3, 0.4) is 0 Å². The monoisotopic (exact) mass is 462 g/mol. The zero-order valence-electron chi connectivity index (χ0n) is 19.5. The summed E-state index contributed by atoms with van der Waals surface area (Å²) in [4.78, 5) is 33.0. The van der Waals surface area contributed by atoms with E-state index in [9.17, 15) is 20.0 Å². The highest BCUT2D eigenvalue weighted by Crippen LogP contribution is 2.27. The summed E-state index contributed by atoms with van der Waals surface area (Å²) in [6.07, 6.45) is 3.40. The topological polar surface area (TPSA) is 130 Å². The first-order valence-corrected chi connectivity index (χ1v) is 11.4. The number of hydrogen-bond acceptors (Lipinski definition) is 7. The van der Waals surface area contributed by atoms with E-state index < -0.39 is 22.8 Å². The number of rotatable bonds is 11. The molecule has 0 saturated heterocycles. The number of nitrogens with zero attached hydrogens (tertiary/aromatic N) is 2. The molecule has 3 rings (SSSR count). The van der Waals surface area contributed by atoms with Gasteiger partial charge >= 0.3 is 0 Å². The van der Waals surface area contributed by atoms with Crippen molar-refractivity contribution in [3.05, 3.63) is 40.6 Å². The van der Waals surface area contributed by atoms with Crippen molar-refractivity contribution in [2.45, 2.75) is 70.2 Å². The highest BCUT2D eigenvalue weighted by Gasteiger charge is 2.36. The quantitative estimate of drug-likeness (QED) is 0.346. The summed E-state index contributed by atoms with van der Waals surface area (Å²) in [6, 6.07) is 7.28. The van der Waals surface area contributed by atoms with Gasteiger partial charge in [0.05, 0.1) is 6.04 Å². The second kappa shape index (κ2) is 10.8. The third-order valence-electron chi connectivity index (χ3n) is 6.06. The Morgan fingerprint density at radius 3 is 2.85 bits per heavy atom. The number of carbonyl (C=O) groups is 1. The molecule has 1 aliphatic rings. The minimum atomic E-state index is -0.769. The van der Waals surface area contributed by atoms with Crippen molar-refractivity contribution >= 4 is 16.8 Å². The summed E-state index contributed by atoms with van der Waals surface area (Å²) in [7, 11) is 0. The molecule has 1 aromatic heterocycles. The van der Waals surface area contributed by atoms with Gasteiger partial charge in [-0.25, -0.2) is 0 Å². The fraction of sp³-hybridized carbons (Fsp3) is 0.609. The first-order chi connectivity index (χ1) is 15.7. The molecule has 33 heavy (non-hydrogen) atoms. The molecular weight excluding hydrogens is 428 g/mol. The average Bonchev–Trinajstić information content (AvgIpc) is 3.24. The van der Waals surface area contributed by atoms with Crippen molar-refractivity contribution in [3.63, 3.8) is 0 Å². The Labute approximate surface area is 193 Å². The van der Waals surface area contributed by atoms with Gasteiger partial charge in [0.2, 0.25) is 5.91 Å². The Morgan fingerprint density at radius 1 is 1.36 bits per heavy atom. The van der Waals surface area contributed by atoms with E-state index >= 15 is 0 Å². The molecule has 10 nitrogen and oxygen atoms in total. The zero-order chi connectivity index (χ0) is 24.0. The van der Waals surface area contributed by atoms with E-state index in [1.807, 2.05) is 44.3 Å². The zero-order valence-corrected chi connectivity index (χ0v) is 19.5. The van der Waals surface area contributed by atoms with Gasteiger partial charge < -0.3 is 29.9 Å². The van der Waals surface area contributed by atoms with E-state index in [-0.39, 0.29) is 25.1 Å². The Balaban J connectivity index is 1.55. The maximum Gasteiger partial charge on any atom is 0.294 e. The Morgan fingerprint density at radius 2 is 2.12 bits per heavy atom. The molecule has 10 heteroatoms. The summed E-state index contributed by atoms with van der Waals surface area (Å²) in [5.41, 5.74) is 0.428. The van der Waals surface area contributed by atoms with Crippen LogP contribution in [0.4, 0.5) is 0 Å². The maximum absolute atomic E-state index is 12.4. The van der Waals surface area contributed by atoms with Crippen LogP contribution >= 0.6 is 0 Å². The van der Waals surface area contributed by atoms with Gasteiger partial charge in [0, 0.05) is 42.7 Å². The van der Waals surface area contributed by atoms with Crippen LogP contribution in [0.15, 0.2) is 30.5 Å². The molecule has 3 atom stereocenters. The van der Waals surface area contributed by atoms with Crippen LogP contribution in [0.5, 0.6) is 5.75 Å². The van der Waals surface area contributed by atoms with Crippen LogP contribution in [-0.2, 0) is 9.63 Å². The van der Waals surface area contributed by atoms with Crippen LogP contribution in [0.1, 0.15) is 46.5 Å². The number of β-amino-alcohol motifs (C(OH)–C–C–N with tert-alkyl or cyclic N) is 1. The molecule has 1 amide bonds. The number of hydrogen-bond donors (Lipinski definition) is 3. The lowest BCUT2D eigenvalue weighted by Gasteiger charge is -2.42. The fourth-order valence-corrected chi connectivity index (χ4v) is 4.43. The molecule has 1 aliphatic carbocycles. The standard InChI is InChI=1S/C23H34N4O6/c1-16(28)26(20-8-4-5-9-22(20)33-27(30)31)15-23(2,3)25-13-17(29)14-32-21-10-6-7-19-18(21)11-12-24-19/h6-7,10-12,17,20,22,24-25,29H,4-5,8-9,13-15H2,1-3H3/t17?,20-,22-/m1/s1. The van der Waals surface area contributed by atoms with Gasteiger partial charge in [-0.2, -0.15) is 0 Å². The number of nitrogens with one attached hydrogen (secondary N) is 2. The number of benzene rings is 1. The molecule has 182 valence electrons. The van der Waals surface area contributed by atoms with Gasteiger partial charge in [0.1, 0.15) is 24.6 Å². The van der Waals surface area contributed by atoms with Gasteiger partial charge in [-0.1, -0.05) is 18.9 Å². The van der Waals surface area contributed by atoms with E-state index in [0.29, 0.717) is 25.1 Å². The molecule has 0 aliphatic heterocycles. The van der Waals surface area contributed by atoms with Gasteiger partial charge in [-0.05, 0) is 44.9 Å². The SMILES string of the molecule is CC(=O)N(CC(C)(C)NCC(O)COc1cccc2[nH]ccc12)[C@@H]1CCCC[C@H]1O[N+](=O)[O-]. The van der Waals surface area contributed by atoms with E-state index in [0.717, 1.165) is 23.7 Å². The lowest BCUT2D eigenvalue weighted by atomic mass is 9.90. The number of amides is 1. The van der Waals surface area contributed by atoms with Gasteiger partial charge in [0.25, 0.3) is 5.09 Å². The number of aromatic nitrogens is 1. The van der Waals surface area contributed by atoms with Crippen molar-refractivity contribution in [2.75, 3.05) is 19.7 Å². The van der Waals surface area contributed by atoms with E-state index in [1.165, 1.54) is 6.92 Å². The Bertz CT molecular complexity index is 946. The van der Waals surface area contributed by atoms with Gasteiger partial charge in [0.15, 0.2) is 0 Å². The number of ether oxygens (including phenoxy) is 1. The van der Waals surface area contributed by atoms with Crippen molar-refractivity contribution < 1.29 is 24.6 Å². The summed E-state index contributed by atoms with van der Waals surface area (Å²) in [5.74, 6) is 0.543. The lowest BCUT2D eigenvalue weighted by molar-refractivity contribution is -0.770. The second-order valence-corrected chi connectivity index (χ2v) is 9.29. The molecule has 3 N–H and O–H groups in total. The number of aliphatic hydroxyl groups is 1. The molecule has 0 radical (unpaired) electrons. The van der Waals surface area contributed by atoms with Crippen LogP contribution in [0.2, 0.25) is 0 Å². The van der Waals surface area contributed by atoms with Crippen molar-refractivity contribution in [3.8, 4) is 5.75 Å². The van der Waals surface area contributed by atoms with Crippen LogP contribution in [-0.4, -0.2) is 69.5 Å². The van der Waals surface area contributed by atoms with E-state index in [2.05, 4.69) is 10.3 Å². The normalized spacial score (nSPS) is 19.8. The lowest BCUT2D eigenvalue weighted by Crippen LogP contribution is -2.58. The molecule has 0 spiro atoms. The fourth-order valence-electron chi connectivity index (χ4n) is 4.43. The van der Waals surface area contributed by atoms with Crippen molar-refractivity contribution in [1.29, 1.82) is 0 Å². The Hall–Kier alpha value is -2.85. The maximum atomic E-state index is 12.4. The van der Waals surface area contributed by atoms with Gasteiger partial charge in [-0.3, -0.25) is 4.79 Å².